The Morgan fingerprint density at radius 1 is 1.60 bits per heavy atom. The summed E-state index contributed by atoms with van der Waals surface area (Å²) in [5, 5.41) is 9.44. The van der Waals surface area contributed by atoms with Crippen LogP contribution in [0.25, 0.3) is 0 Å². The lowest BCUT2D eigenvalue weighted by Gasteiger charge is -2.10. The van der Waals surface area contributed by atoms with Crippen molar-refractivity contribution in [1.29, 1.82) is 0 Å². The van der Waals surface area contributed by atoms with Gasteiger partial charge in [-0.05, 0) is 19.1 Å². The average Bonchev–Trinajstić information content (AvgIpc) is 2.13. The first-order valence-electron chi connectivity index (χ1n) is 3.59. The predicted molar refractivity (Wildman–Crippen MR) is 45.4 cm³/mol. The highest BCUT2D eigenvalue weighted by Crippen LogP contribution is 2.18. The van der Waals surface area contributed by atoms with E-state index in [4.69, 9.17) is 0 Å². The molecule has 0 aliphatic carbocycles. The predicted octanol–water partition coefficient (Wildman–Crippen LogP) is 0.272. The zero-order valence-electron chi connectivity index (χ0n) is 6.58. The second kappa shape index (κ2) is 3.60. The van der Waals surface area contributed by atoms with Crippen LogP contribution in [0, 0.1) is 5.92 Å². The van der Waals surface area contributed by atoms with Gasteiger partial charge in [-0.3, -0.25) is 0 Å². The molecule has 1 fully saturated rings. The summed E-state index contributed by atoms with van der Waals surface area (Å²) in [6.45, 7) is 1.91. The van der Waals surface area contributed by atoms with Gasteiger partial charge in [0.25, 0.3) is 0 Å². The maximum Gasteiger partial charge on any atom is 0.0715 e. The highest BCUT2D eigenvalue weighted by Gasteiger charge is 2.27. The van der Waals surface area contributed by atoms with Crippen molar-refractivity contribution in [2.24, 2.45) is 5.92 Å². The molecule has 0 radical (unpaired) electrons. The van der Waals surface area contributed by atoms with Gasteiger partial charge in [-0.25, -0.2) is 0 Å². The molecular weight excluding hydrogens is 146 g/mol. The molecule has 1 aliphatic heterocycles. The van der Waals surface area contributed by atoms with Crippen LogP contribution in [0.5, 0.6) is 0 Å². The molecule has 2 atom stereocenters. The molecule has 0 aromatic carbocycles. The maximum absolute atomic E-state index is 9.44. The molecule has 0 bridgehead atoms. The van der Waals surface area contributed by atoms with Crippen molar-refractivity contribution in [3.05, 3.63) is 0 Å². The number of hydrogen-bond acceptors (Lipinski definition) is 3. The van der Waals surface area contributed by atoms with Crippen molar-refractivity contribution < 1.29 is 5.11 Å². The third-order valence-corrected chi connectivity index (χ3v) is 2.73. The lowest BCUT2D eigenvalue weighted by atomic mass is 10.1. The van der Waals surface area contributed by atoms with Crippen LogP contribution in [0.1, 0.15) is 0 Å². The van der Waals surface area contributed by atoms with Crippen molar-refractivity contribution in [2.75, 3.05) is 32.1 Å². The van der Waals surface area contributed by atoms with Crippen LogP contribution < -0.4 is 0 Å². The number of β-amino-alcohol motifs (C(OH)–C–C–N with tert-alkyl or cyclic N) is 1. The van der Waals surface area contributed by atoms with Gasteiger partial charge in [0, 0.05) is 19.0 Å². The number of hydrogen-bond donors (Lipinski definition) is 1. The summed E-state index contributed by atoms with van der Waals surface area (Å²) in [5.41, 5.74) is 0. The molecule has 2 nitrogen and oxygen atoms in total. The number of thioether (sulfide) groups is 1. The van der Waals surface area contributed by atoms with Crippen molar-refractivity contribution in [3.63, 3.8) is 0 Å². The molecule has 0 amide bonds. The van der Waals surface area contributed by atoms with E-state index in [2.05, 4.69) is 18.2 Å². The summed E-state index contributed by atoms with van der Waals surface area (Å²) in [6, 6.07) is 0. The van der Waals surface area contributed by atoms with Gasteiger partial charge < -0.3 is 10.0 Å². The van der Waals surface area contributed by atoms with Gasteiger partial charge in [0.1, 0.15) is 0 Å². The first-order valence-corrected chi connectivity index (χ1v) is 4.99. The van der Waals surface area contributed by atoms with Crippen LogP contribution in [-0.2, 0) is 0 Å². The monoisotopic (exact) mass is 161 g/mol. The fraction of sp³-hybridized carbons (Fsp3) is 1.00. The molecule has 0 saturated carbocycles. The largest absolute Gasteiger partial charge is 0.391 e. The Morgan fingerprint density at radius 2 is 2.30 bits per heavy atom. The fourth-order valence-electron chi connectivity index (χ4n) is 1.44. The quantitative estimate of drug-likeness (QED) is 0.629. The molecule has 0 aromatic rings. The summed E-state index contributed by atoms with van der Waals surface area (Å²) in [4.78, 5) is 2.19. The van der Waals surface area contributed by atoms with Crippen LogP contribution in [-0.4, -0.2) is 48.3 Å². The maximum atomic E-state index is 9.44. The highest BCUT2D eigenvalue weighted by atomic mass is 32.2. The standard InChI is InChI=1S/C7H15NOS/c1-8-3-6(5-10-2)7(9)4-8/h6-7,9H,3-5H2,1-2H3. The summed E-state index contributed by atoms with van der Waals surface area (Å²) < 4.78 is 0. The first kappa shape index (κ1) is 8.37. The van der Waals surface area contributed by atoms with Crippen LogP contribution in [0.2, 0.25) is 0 Å². The number of aliphatic hydroxyl groups excluding tert-OH is 1. The number of rotatable bonds is 2. The topological polar surface area (TPSA) is 23.5 Å². The highest BCUT2D eigenvalue weighted by molar-refractivity contribution is 7.98. The van der Waals surface area contributed by atoms with Gasteiger partial charge in [0.05, 0.1) is 6.10 Å². The Hall–Kier alpha value is 0.270. The molecule has 10 heavy (non-hydrogen) atoms. The third kappa shape index (κ3) is 1.87. The molecule has 1 N–H and O–H groups in total. The zero-order chi connectivity index (χ0) is 7.56. The molecule has 60 valence electrons. The van der Waals surface area contributed by atoms with E-state index >= 15 is 0 Å². The van der Waals surface area contributed by atoms with Gasteiger partial charge in [-0.15, -0.1) is 0 Å². The second-order valence-corrected chi connectivity index (χ2v) is 3.91. The van der Waals surface area contributed by atoms with E-state index in [1.165, 1.54) is 0 Å². The smallest absolute Gasteiger partial charge is 0.0715 e. The van der Waals surface area contributed by atoms with Crippen molar-refractivity contribution in [3.8, 4) is 0 Å². The Morgan fingerprint density at radius 3 is 2.70 bits per heavy atom. The van der Waals surface area contributed by atoms with Crippen LogP contribution in [0.15, 0.2) is 0 Å². The van der Waals surface area contributed by atoms with Gasteiger partial charge in [-0.1, -0.05) is 0 Å². The van der Waals surface area contributed by atoms with Gasteiger partial charge in [0.15, 0.2) is 0 Å². The van der Waals surface area contributed by atoms with E-state index in [9.17, 15) is 5.11 Å². The third-order valence-electron chi connectivity index (χ3n) is 1.97. The molecule has 1 saturated heterocycles. The lowest BCUT2D eigenvalue weighted by Crippen LogP contribution is -2.19. The normalized spacial score (nSPS) is 35.1. The minimum Gasteiger partial charge on any atom is -0.391 e. The molecule has 1 rings (SSSR count). The van der Waals surface area contributed by atoms with Crippen molar-refractivity contribution in [2.45, 2.75) is 6.10 Å². The first-order chi connectivity index (χ1) is 4.74. The SMILES string of the molecule is CSCC1CN(C)CC1O. The van der Waals surface area contributed by atoms with Crippen molar-refractivity contribution >= 4 is 11.8 Å². The Labute approximate surface area is 66.6 Å². The van der Waals surface area contributed by atoms with E-state index in [1.54, 1.807) is 0 Å². The van der Waals surface area contributed by atoms with Gasteiger partial charge in [0.2, 0.25) is 0 Å². The van der Waals surface area contributed by atoms with Crippen LogP contribution >= 0.6 is 11.8 Å². The van der Waals surface area contributed by atoms with E-state index in [-0.39, 0.29) is 6.10 Å². The Bertz CT molecular complexity index is 110. The average molecular weight is 161 g/mol. The van der Waals surface area contributed by atoms with Crippen LogP contribution in [0.3, 0.4) is 0 Å². The summed E-state index contributed by atoms with van der Waals surface area (Å²) in [7, 11) is 2.06. The van der Waals surface area contributed by atoms with E-state index in [0.717, 1.165) is 18.8 Å². The van der Waals surface area contributed by atoms with Gasteiger partial charge in [-0.2, -0.15) is 11.8 Å². The zero-order valence-corrected chi connectivity index (χ0v) is 7.40. The summed E-state index contributed by atoms with van der Waals surface area (Å²) in [6.07, 6.45) is 2.00. The molecule has 2 unspecified atom stereocenters. The second-order valence-electron chi connectivity index (χ2n) is 3.00. The number of likely N-dealkylation sites (N-methyl/N-ethyl adjacent to an activating group) is 1. The molecule has 1 heterocycles. The minimum absolute atomic E-state index is 0.0857. The number of nitrogens with zero attached hydrogens (tertiary/aromatic N) is 1. The lowest BCUT2D eigenvalue weighted by molar-refractivity contribution is 0.152. The van der Waals surface area contributed by atoms with Crippen molar-refractivity contribution in [1.82, 2.24) is 4.90 Å². The van der Waals surface area contributed by atoms with E-state index in [1.807, 2.05) is 11.8 Å². The molecule has 0 spiro atoms. The van der Waals surface area contributed by atoms with Gasteiger partial charge >= 0.3 is 0 Å². The fourth-order valence-corrected chi connectivity index (χ4v) is 2.20. The molecule has 1 aliphatic rings. The number of aliphatic hydroxyl groups is 1. The Kier molecular flexibility index (Phi) is 3.01. The van der Waals surface area contributed by atoms with E-state index < -0.39 is 0 Å². The van der Waals surface area contributed by atoms with Crippen LogP contribution in [0.4, 0.5) is 0 Å². The minimum atomic E-state index is -0.0857. The molecule has 3 heteroatoms. The summed E-state index contributed by atoms with van der Waals surface area (Å²) in [5.74, 6) is 1.59. The summed E-state index contributed by atoms with van der Waals surface area (Å²) >= 11 is 1.82. The number of likely N-dealkylation sites (tertiary alicyclic amines) is 1. The van der Waals surface area contributed by atoms with E-state index in [0.29, 0.717) is 5.92 Å². The Balaban J connectivity index is 2.31. The molecule has 0 aromatic heterocycles. The molecular formula is C7H15NOS.